The van der Waals surface area contributed by atoms with Gasteiger partial charge < -0.3 is 33.5 Å². The zero-order valence-electron chi connectivity index (χ0n) is 24.6. The van der Waals surface area contributed by atoms with Gasteiger partial charge in [0.05, 0.1) is 31.7 Å². The number of ether oxygens (including phenoxy) is 6. The van der Waals surface area contributed by atoms with Gasteiger partial charge in [0.1, 0.15) is 5.76 Å². The molecule has 1 aromatic carbocycles. The number of carbonyl (C=O) groups excluding carboxylic acids is 4. The minimum Gasteiger partial charge on any atom is -0.493 e. The Morgan fingerprint density at radius 3 is 2.57 bits per heavy atom. The van der Waals surface area contributed by atoms with Gasteiger partial charge in [0, 0.05) is 12.5 Å². The normalized spacial score (nSPS) is 27.9. The van der Waals surface area contributed by atoms with Gasteiger partial charge in [-0.15, -0.1) is 0 Å². The van der Waals surface area contributed by atoms with Crippen LogP contribution >= 0.6 is 0 Å². The van der Waals surface area contributed by atoms with Crippen molar-refractivity contribution >= 4 is 23.9 Å². The Balaban J connectivity index is 1.36. The summed E-state index contributed by atoms with van der Waals surface area (Å²) >= 11 is 0. The van der Waals surface area contributed by atoms with E-state index in [0.29, 0.717) is 17.9 Å². The van der Waals surface area contributed by atoms with Gasteiger partial charge in [-0.05, 0) is 68.6 Å². The molecule has 0 amide bonds. The van der Waals surface area contributed by atoms with Gasteiger partial charge in [-0.25, -0.2) is 9.59 Å². The van der Waals surface area contributed by atoms with Crippen molar-refractivity contribution in [1.29, 1.82) is 0 Å². The molecule has 4 aliphatic rings. The molecule has 3 aliphatic carbocycles. The Kier molecular flexibility index (Phi) is 8.00. The fourth-order valence-electron chi connectivity index (χ4n) is 6.86. The first kappa shape index (κ1) is 29.9. The Bertz CT molecular complexity index is 1320. The van der Waals surface area contributed by atoms with Crippen molar-refractivity contribution in [2.24, 2.45) is 11.8 Å². The summed E-state index contributed by atoms with van der Waals surface area (Å²) in [6.07, 6.45) is 1.14. The molecule has 1 fully saturated rings. The summed E-state index contributed by atoms with van der Waals surface area (Å²) in [6, 6.07) is 3.86. The molecule has 4 bridgehead atoms. The van der Waals surface area contributed by atoms with Gasteiger partial charge in [0.25, 0.3) is 0 Å². The average Bonchev–Trinajstić information content (AvgIpc) is 3.29. The largest absolute Gasteiger partial charge is 0.493 e. The van der Waals surface area contributed by atoms with Crippen LogP contribution in [0.5, 0.6) is 11.5 Å². The van der Waals surface area contributed by atoms with Crippen molar-refractivity contribution in [3.63, 3.8) is 0 Å². The van der Waals surface area contributed by atoms with Crippen LogP contribution in [0.1, 0.15) is 76.8 Å². The maximum Gasteiger partial charge on any atom is 0.348 e. The lowest BCUT2D eigenvalue weighted by molar-refractivity contribution is -0.179. The Hall–Kier alpha value is -3.60. The second kappa shape index (κ2) is 11.2. The first-order chi connectivity index (χ1) is 19.9. The van der Waals surface area contributed by atoms with E-state index in [1.165, 1.54) is 6.92 Å². The topological polar surface area (TPSA) is 144 Å². The highest BCUT2D eigenvalue weighted by Crippen LogP contribution is 2.67. The molecule has 1 N–H and O–H groups in total. The van der Waals surface area contributed by atoms with Gasteiger partial charge in [-0.2, -0.15) is 0 Å². The third-order valence-electron chi connectivity index (χ3n) is 8.65. The molecule has 6 atom stereocenters. The number of benzene rings is 1. The summed E-state index contributed by atoms with van der Waals surface area (Å²) in [4.78, 5) is 50.1. The molecule has 42 heavy (non-hydrogen) atoms. The van der Waals surface area contributed by atoms with E-state index >= 15 is 0 Å². The van der Waals surface area contributed by atoms with E-state index in [1.54, 1.807) is 13.2 Å². The van der Waals surface area contributed by atoms with Crippen molar-refractivity contribution in [2.75, 3.05) is 13.7 Å². The highest BCUT2D eigenvalue weighted by molar-refractivity contribution is 5.86. The lowest BCUT2D eigenvalue weighted by Crippen LogP contribution is -2.57. The van der Waals surface area contributed by atoms with Crippen molar-refractivity contribution < 1.29 is 52.7 Å². The van der Waals surface area contributed by atoms with Crippen LogP contribution in [0.4, 0.5) is 0 Å². The molecule has 1 aliphatic heterocycles. The quantitative estimate of drug-likeness (QED) is 0.319. The molecule has 0 spiro atoms. The fourth-order valence-corrected chi connectivity index (χ4v) is 6.86. The van der Waals surface area contributed by atoms with E-state index in [-0.39, 0.29) is 30.6 Å². The van der Waals surface area contributed by atoms with Crippen LogP contribution in [-0.2, 0) is 44.5 Å². The van der Waals surface area contributed by atoms with Crippen LogP contribution in [0.3, 0.4) is 0 Å². The van der Waals surface area contributed by atoms with Crippen LogP contribution in [0.15, 0.2) is 24.0 Å². The molecule has 0 radical (unpaired) electrons. The molecule has 5 rings (SSSR count). The number of hydrogen-bond acceptors (Lipinski definition) is 11. The molecular formula is C31H38O11. The molecular weight excluding hydrogens is 548 g/mol. The first-order valence-corrected chi connectivity index (χ1v) is 14.5. The maximum atomic E-state index is 13.3. The standard InChI is InChI=1S/C31H38O11/c1-16(2)15-38-28(34)17(3)39-29(35)22(40-18(4)32)14-24(33)41-23-10-12-30(36)20-7-6-11-31(23)27(30)25-19(13-20)8-9-21(37-5)26(25)42-31/h8-10,16-17,20,22,27,36H,6-7,11-15H2,1-5H3/t17-,20+,22-,27?,30+,31?/m0/s1. The van der Waals surface area contributed by atoms with Crippen LogP contribution in [-0.4, -0.2) is 66.1 Å². The van der Waals surface area contributed by atoms with E-state index in [9.17, 15) is 24.3 Å². The zero-order valence-corrected chi connectivity index (χ0v) is 24.6. The van der Waals surface area contributed by atoms with Crippen LogP contribution < -0.4 is 9.47 Å². The molecule has 1 saturated carbocycles. The SMILES string of the molecule is COc1ccc2c3c1OC14CCC[C@H](C2)[C@](O)(CC=C1OC(=O)C[C@H](OC(C)=O)C(=O)O[C@@H](C)C(=O)OCC(C)C)C34. The number of aliphatic hydroxyl groups is 1. The predicted molar refractivity (Wildman–Crippen MR) is 145 cm³/mol. The Labute approximate surface area is 244 Å². The Morgan fingerprint density at radius 1 is 1.12 bits per heavy atom. The molecule has 11 nitrogen and oxygen atoms in total. The van der Waals surface area contributed by atoms with Crippen LogP contribution in [0.2, 0.25) is 0 Å². The van der Waals surface area contributed by atoms with E-state index in [4.69, 9.17) is 28.4 Å². The van der Waals surface area contributed by atoms with Crippen molar-refractivity contribution in [1.82, 2.24) is 0 Å². The zero-order chi connectivity index (χ0) is 30.4. The predicted octanol–water partition coefficient (Wildman–Crippen LogP) is 3.28. The number of hydrogen-bond donors (Lipinski definition) is 1. The second-order valence-corrected chi connectivity index (χ2v) is 12.0. The van der Waals surface area contributed by atoms with Crippen LogP contribution in [0.25, 0.3) is 0 Å². The lowest BCUT2D eigenvalue weighted by atomic mass is 9.58. The lowest BCUT2D eigenvalue weighted by Gasteiger charge is -2.50. The first-order valence-electron chi connectivity index (χ1n) is 14.5. The highest BCUT2D eigenvalue weighted by atomic mass is 16.6. The summed E-state index contributed by atoms with van der Waals surface area (Å²) in [5.41, 5.74) is -0.256. The molecule has 0 aromatic heterocycles. The molecule has 0 saturated heterocycles. The Morgan fingerprint density at radius 2 is 1.88 bits per heavy atom. The molecule has 1 aromatic rings. The van der Waals surface area contributed by atoms with Gasteiger partial charge in [0.2, 0.25) is 6.10 Å². The number of methoxy groups -OCH3 is 1. The van der Waals surface area contributed by atoms with Crippen molar-refractivity contribution in [2.45, 2.75) is 95.5 Å². The molecule has 1 heterocycles. The summed E-state index contributed by atoms with van der Waals surface area (Å²) < 4.78 is 33.4. The summed E-state index contributed by atoms with van der Waals surface area (Å²) in [5.74, 6) is -2.55. The van der Waals surface area contributed by atoms with Gasteiger partial charge in [-0.3, -0.25) is 9.59 Å². The van der Waals surface area contributed by atoms with Crippen LogP contribution in [0, 0.1) is 11.8 Å². The minimum atomic E-state index is -1.64. The molecule has 11 heteroatoms. The minimum absolute atomic E-state index is 0.0191. The van der Waals surface area contributed by atoms with Crippen molar-refractivity contribution in [3.8, 4) is 11.5 Å². The second-order valence-electron chi connectivity index (χ2n) is 12.0. The third kappa shape index (κ3) is 5.12. The maximum absolute atomic E-state index is 13.3. The average molecular weight is 587 g/mol. The fraction of sp³-hybridized carbons (Fsp3) is 0.613. The highest BCUT2D eigenvalue weighted by Gasteiger charge is 2.68. The van der Waals surface area contributed by atoms with E-state index in [1.807, 2.05) is 26.0 Å². The molecule has 2 unspecified atom stereocenters. The smallest absolute Gasteiger partial charge is 0.348 e. The van der Waals surface area contributed by atoms with Gasteiger partial charge >= 0.3 is 23.9 Å². The number of esters is 4. The summed E-state index contributed by atoms with van der Waals surface area (Å²) in [6.45, 7) is 6.29. The third-order valence-corrected chi connectivity index (χ3v) is 8.65. The van der Waals surface area contributed by atoms with Gasteiger partial charge in [0.15, 0.2) is 23.2 Å². The van der Waals surface area contributed by atoms with E-state index < -0.39 is 59.6 Å². The van der Waals surface area contributed by atoms with E-state index in [2.05, 4.69) is 0 Å². The summed E-state index contributed by atoms with van der Waals surface area (Å²) in [7, 11) is 1.55. The van der Waals surface area contributed by atoms with Crippen molar-refractivity contribution in [3.05, 3.63) is 35.1 Å². The molecule has 228 valence electrons. The summed E-state index contributed by atoms with van der Waals surface area (Å²) in [5, 5.41) is 12.1. The van der Waals surface area contributed by atoms with E-state index in [0.717, 1.165) is 37.3 Å². The van der Waals surface area contributed by atoms with Gasteiger partial charge in [-0.1, -0.05) is 19.9 Å². The number of carbonyl (C=O) groups is 4. The monoisotopic (exact) mass is 586 g/mol. The number of rotatable bonds is 10.